The number of amides is 1. The predicted molar refractivity (Wildman–Crippen MR) is 78.9 cm³/mol. The number of pyridine rings is 1. The molecule has 6 heteroatoms. The second-order valence-electron chi connectivity index (χ2n) is 5.20. The van der Waals surface area contributed by atoms with Crippen molar-refractivity contribution in [2.45, 2.75) is 25.8 Å². The highest BCUT2D eigenvalue weighted by Crippen LogP contribution is 2.40. The highest BCUT2D eigenvalue weighted by Gasteiger charge is 2.35. The van der Waals surface area contributed by atoms with E-state index < -0.39 is 0 Å². The van der Waals surface area contributed by atoms with E-state index in [2.05, 4.69) is 20.3 Å². The summed E-state index contributed by atoms with van der Waals surface area (Å²) in [7, 11) is 0. The number of halogens is 1. The first kappa shape index (κ1) is 13.9. The van der Waals surface area contributed by atoms with E-state index in [-0.39, 0.29) is 11.9 Å². The number of hydrogen-bond donors (Lipinski definition) is 1. The molecule has 21 heavy (non-hydrogen) atoms. The minimum Gasteiger partial charge on any atom is -0.342 e. The van der Waals surface area contributed by atoms with Gasteiger partial charge in [0.05, 0.1) is 16.6 Å². The summed E-state index contributed by atoms with van der Waals surface area (Å²) < 4.78 is 0. The monoisotopic (exact) mass is 302 g/mol. The first-order chi connectivity index (χ1) is 10.1. The van der Waals surface area contributed by atoms with E-state index in [0.29, 0.717) is 22.3 Å². The lowest BCUT2D eigenvalue weighted by molar-refractivity contribution is 0.0929. The van der Waals surface area contributed by atoms with Crippen LogP contribution in [0.25, 0.3) is 0 Å². The Morgan fingerprint density at radius 1 is 1.38 bits per heavy atom. The van der Waals surface area contributed by atoms with Crippen LogP contribution in [0.2, 0.25) is 5.02 Å². The summed E-state index contributed by atoms with van der Waals surface area (Å²) >= 11 is 6.01. The van der Waals surface area contributed by atoms with Gasteiger partial charge in [-0.25, -0.2) is 9.97 Å². The van der Waals surface area contributed by atoms with Crippen LogP contribution in [-0.2, 0) is 0 Å². The third kappa shape index (κ3) is 3.19. The van der Waals surface area contributed by atoms with Gasteiger partial charge in [0.1, 0.15) is 0 Å². The fraction of sp³-hybridized carbons (Fsp3) is 0.333. The van der Waals surface area contributed by atoms with Gasteiger partial charge in [-0.2, -0.15) is 0 Å². The van der Waals surface area contributed by atoms with Gasteiger partial charge in [0.2, 0.25) is 0 Å². The summed E-state index contributed by atoms with van der Waals surface area (Å²) in [4.78, 5) is 25.0. The lowest BCUT2D eigenvalue weighted by Crippen LogP contribution is -2.31. The van der Waals surface area contributed by atoms with Crippen molar-refractivity contribution in [2.24, 2.45) is 5.92 Å². The molecular formula is C15H15ClN4O. The Morgan fingerprint density at radius 2 is 2.19 bits per heavy atom. The lowest BCUT2D eigenvalue weighted by Gasteiger charge is -2.17. The van der Waals surface area contributed by atoms with E-state index in [9.17, 15) is 4.79 Å². The van der Waals surface area contributed by atoms with Gasteiger partial charge in [-0.1, -0.05) is 11.6 Å². The van der Waals surface area contributed by atoms with Crippen molar-refractivity contribution in [1.29, 1.82) is 0 Å². The number of nitrogens with zero attached hydrogens (tertiary/aromatic N) is 3. The third-order valence-electron chi connectivity index (χ3n) is 3.49. The molecule has 1 aliphatic rings. The minimum atomic E-state index is -0.218. The highest BCUT2D eigenvalue weighted by atomic mass is 35.5. The highest BCUT2D eigenvalue weighted by molar-refractivity contribution is 6.33. The Bertz CT molecular complexity index is 672. The second-order valence-corrected chi connectivity index (χ2v) is 5.61. The average Bonchev–Trinajstić information content (AvgIpc) is 3.29. The largest absolute Gasteiger partial charge is 0.342 e. The van der Waals surface area contributed by atoms with Crippen molar-refractivity contribution in [1.82, 2.24) is 20.3 Å². The van der Waals surface area contributed by atoms with E-state index in [1.165, 1.54) is 6.20 Å². The molecule has 5 nitrogen and oxygen atoms in total. The third-order valence-corrected chi connectivity index (χ3v) is 3.79. The van der Waals surface area contributed by atoms with Crippen LogP contribution in [0, 0.1) is 12.8 Å². The van der Waals surface area contributed by atoms with Crippen molar-refractivity contribution >= 4 is 17.5 Å². The standard InChI is InChI=1S/C15H15ClN4O/c1-9-4-7-18-14(19-9)13(10-2-3-10)20-15(21)11-5-6-17-8-12(11)16/h4-8,10,13H,2-3H2,1H3,(H,20,21). The first-order valence-electron chi connectivity index (χ1n) is 6.85. The van der Waals surface area contributed by atoms with Crippen LogP contribution in [0.3, 0.4) is 0 Å². The van der Waals surface area contributed by atoms with Gasteiger partial charge in [0.25, 0.3) is 5.91 Å². The molecule has 0 radical (unpaired) electrons. The molecule has 0 spiro atoms. The van der Waals surface area contributed by atoms with Crippen LogP contribution in [0.15, 0.2) is 30.7 Å². The van der Waals surface area contributed by atoms with E-state index in [4.69, 9.17) is 11.6 Å². The van der Waals surface area contributed by atoms with E-state index in [1.807, 2.05) is 13.0 Å². The molecular weight excluding hydrogens is 288 g/mol. The SMILES string of the molecule is Cc1ccnc(C(NC(=O)c2ccncc2Cl)C2CC2)n1. The van der Waals surface area contributed by atoms with Gasteiger partial charge < -0.3 is 5.32 Å². The van der Waals surface area contributed by atoms with E-state index >= 15 is 0 Å². The molecule has 0 bridgehead atoms. The smallest absolute Gasteiger partial charge is 0.253 e. The maximum atomic E-state index is 12.4. The van der Waals surface area contributed by atoms with Crippen LogP contribution in [-0.4, -0.2) is 20.9 Å². The molecule has 2 aromatic rings. The number of aromatic nitrogens is 3. The van der Waals surface area contributed by atoms with Gasteiger partial charge in [-0.3, -0.25) is 9.78 Å². The number of hydrogen-bond acceptors (Lipinski definition) is 4. The fourth-order valence-electron chi connectivity index (χ4n) is 2.22. The van der Waals surface area contributed by atoms with Crippen LogP contribution < -0.4 is 5.32 Å². The van der Waals surface area contributed by atoms with Crippen molar-refractivity contribution in [2.75, 3.05) is 0 Å². The Morgan fingerprint density at radius 3 is 2.86 bits per heavy atom. The summed E-state index contributed by atoms with van der Waals surface area (Å²) in [5, 5.41) is 3.35. The van der Waals surface area contributed by atoms with Gasteiger partial charge in [0, 0.05) is 24.3 Å². The van der Waals surface area contributed by atoms with Crippen LogP contribution in [0.5, 0.6) is 0 Å². The average molecular weight is 303 g/mol. The zero-order valence-corrected chi connectivity index (χ0v) is 12.3. The van der Waals surface area contributed by atoms with Crippen molar-refractivity contribution in [3.63, 3.8) is 0 Å². The molecule has 0 aromatic carbocycles. The normalized spacial score (nSPS) is 15.5. The molecule has 1 aliphatic carbocycles. The molecule has 2 heterocycles. The molecule has 0 aliphatic heterocycles. The fourth-order valence-corrected chi connectivity index (χ4v) is 2.42. The minimum absolute atomic E-state index is 0.165. The molecule has 0 saturated heterocycles. The lowest BCUT2D eigenvalue weighted by atomic mass is 10.1. The number of rotatable bonds is 4. The van der Waals surface area contributed by atoms with Crippen molar-refractivity contribution in [3.05, 3.63) is 52.8 Å². The maximum absolute atomic E-state index is 12.4. The molecule has 1 atom stereocenters. The van der Waals surface area contributed by atoms with Crippen molar-refractivity contribution in [3.8, 4) is 0 Å². The molecule has 1 N–H and O–H groups in total. The maximum Gasteiger partial charge on any atom is 0.253 e. The molecule has 2 aromatic heterocycles. The Kier molecular flexibility index (Phi) is 3.84. The molecule has 3 rings (SSSR count). The summed E-state index contributed by atoms with van der Waals surface area (Å²) in [6.07, 6.45) is 6.89. The summed E-state index contributed by atoms with van der Waals surface area (Å²) in [6.45, 7) is 1.91. The second kappa shape index (κ2) is 5.77. The topological polar surface area (TPSA) is 67.8 Å². The summed E-state index contributed by atoms with van der Waals surface area (Å²) in [5.74, 6) is 0.844. The van der Waals surface area contributed by atoms with E-state index in [1.54, 1.807) is 18.5 Å². The number of aryl methyl sites for hydroxylation is 1. The van der Waals surface area contributed by atoms with Gasteiger partial charge in [0.15, 0.2) is 5.82 Å². The molecule has 1 saturated carbocycles. The predicted octanol–water partition coefficient (Wildman–Crippen LogP) is 2.71. The van der Waals surface area contributed by atoms with Crippen LogP contribution in [0.4, 0.5) is 0 Å². The Labute approximate surface area is 127 Å². The Hall–Kier alpha value is -2.01. The number of carbonyl (C=O) groups excluding carboxylic acids is 1. The van der Waals surface area contributed by atoms with Gasteiger partial charge >= 0.3 is 0 Å². The first-order valence-corrected chi connectivity index (χ1v) is 7.23. The quantitative estimate of drug-likeness (QED) is 0.943. The zero-order chi connectivity index (χ0) is 14.8. The van der Waals surface area contributed by atoms with Crippen LogP contribution >= 0.6 is 11.6 Å². The van der Waals surface area contributed by atoms with Crippen molar-refractivity contribution < 1.29 is 4.79 Å². The van der Waals surface area contributed by atoms with Crippen LogP contribution in [0.1, 0.15) is 40.8 Å². The number of carbonyl (C=O) groups is 1. The van der Waals surface area contributed by atoms with Gasteiger partial charge in [-0.15, -0.1) is 0 Å². The van der Waals surface area contributed by atoms with Gasteiger partial charge in [-0.05, 0) is 37.8 Å². The summed E-state index contributed by atoms with van der Waals surface area (Å²) in [6, 6.07) is 3.29. The zero-order valence-electron chi connectivity index (χ0n) is 11.6. The molecule has 108 valence electrons. The molecule has 1 unspecified atom stereocenters. The number of nitrogens with one attached hydrogen (secondary N) is 1. The Balaban J connectivity index is 1.83. The van der Waals surface area contributed by atoms with E-state index in [0.717, 1.165) is 18.5 Å². The molecule has 1 fully saturated rings. The molecule has 1 amide bonds. The summed E-state index contributed by atoms with van der Waals surface area (Å²) in [5.41, 5.74) is 1.31.